The van der Waals surface area contributed by atoms with E-state index < -0.39 is 23.4 Å². The van der Waals surface area contributed by atoms with Crippen molar-refractivity contribution in [3.05, 3.63) is 93.5 Å². The number of phenolic OH excluding ortho intramolecular Hbond substituents is 1. The largest absolute Gasteiger partial charge is 0.508 e. The third-order valence-corrected chi connectivity index (χ3v) is 6.43. The molecule has 1 aromatic heterocycles. The highest BCUT2D eigenvalue weighted by molar-refractivity contribution is 6.30. The first-order valence-corrected chi connectivity index (χ1v) is 11.9. The van der Waals surface area contributed by atoms with Gasteiger partial charge in [-0.2, -0.15) is 0 Å². The van der Waals surface area contributed by atoms with Gasteiger partial charge in [0.25, 0.3) is 5.91 Å². The summed E-state index contributed by atoms with van der Waals surface area (Å²) in [6, 6.07) is 12.5. The molecule has 0 radical (unpaired) electrons. The van der Waals surface area contributed by atoms with E-state index in [4.69, 9.17) is 11.6 Å². The van der Waals surface area contributed by atoms with Crippen molar-refractivity contribution in [3.63, 3.8) is 0 Å². The molecular weight excluding hydrogens is 484 g/mol. The fraction of sp³-hybridized carbons (Fsp3) is 0.286. The highest BCUT2D eigenvalue weighted by Gasteiger charge is 2.31. The molecule has 2 heterocycles. The minimum atomic E-state index is -1.57. The van der Waals surface area contributed by atoms with E-state index in [1.807, 2.05) is 7.05 Å². The number of aromatic nitrogens is 1. The summed E-state index contributed by atoms with van der Waals surface area (Å²) in [4.78, 5) is 19.6. The maximum absolute atomic E-state index is 15.1. The number of rotatable bonds is 4. The maximum atomic E-state index is 15.1. The van der Waals surface area contributed by atoms with Crippen LogP contribution in [0.4, 0.5) is 8.78 Å². The average molecular weight is 510 g/mol. The van der Waals surface area contributed by atoms with Crippen LogP contribution >= 0.6 is 11.6 Å². The van der Waals surface area contributed by atoms with Gasteiger partial charge in [-0.1, -0.05) is 35.6 Å². The van der Waals surface area contributed by atoms with Crippen molar-refractivity contribution in [2.24, 2.45) is 0 Å². The molecule has 8 heteroatoms. The standard InChI is InChI=1S/C28H26ClF2N3O2/c1-18-15-19(9-10-28(31)11-13-34(2)14-12-28)16-24(32-18)27(36)33-26(20-3-5-21(29)6-4-20)23-17-22(30)7-8-25(23)35/h3-8,15-17,26,35H,11-14H2,1-2H3,(H,33,36). The molecule has 1 atom stereocenters. The first-order chi connectivity index (χ1) is 17.1. The predicted octanol–water partition coefficient (Wildman–Crippen LogP) is 5.19. The van der Waals surface area contributed by atoms with Crippen molar-refractivity contribution >= 4 is 17.5 Å². The molecule has 0 aliphatic carbocycles. The molecule has 186 valence electrons. The number of carbonyl (C=O) groups is 1. The number of benzene rings is 2. The smallest absolute Gasteiger partial charge is 0.270 e. The molecular formula is C28H26ClF2N3O2. The van der Waals surface area contributed by atoms with Crippen LogP contribution in [0, 0.1) is 24.6 Å². The van der Waals surface area contributed by atoms with Gasteiger partial charge in [0.05, 0.1) is 6.04 Å². The fourth-order valence-electron chi connectivity index (χ4n) is 4.10. The number of phenols is 1. The van der Waals surface area contributed by atoms with Crippen LogP contribution < -0.4 is 5.32 Å². The van der Waals surface area contributed by atoms with E-state index in [2.05, 4.69) is 27.0 Å². The van der Waals surface area contributed by atoms with Gasteiger partial charge >= 0.3 is 0 Å². The predicted molar refractivity (Wildman–Crippen MR) is 135 cm³/mol. The molecule has 0 spiro atoms. The highest BCUT2D eigenvalue weighted by Crippen LogP contribution is 2.31. The van der Waals surface area contributed by atoms with Crippen molar-refractivity contribution < 1.29 is 18.7 Å². The van der Waals surface area contributed by atoms with Crippen molar-refractivity contribution in [2.75, 3.05) is 20.1 Å². The molecule has 0 saturated carbocycles. The Morgan fingerprint density at radius 1 is 1.17 bits per heavy atom. The van der Waals surface area contributed by atoms with Gasteiger partial charge in [0.15, 0.2) is 5.67 Å². The number of alkyl halides is 1. The molecule has 1 fully saturated rings. The second kappa shape index (κ2) is 10.7. The zero-order valence-corrected chi connectivity index (χ0v) is 20.7. The number of nitrogens with zero attached hydrogens (tertiary/aromatic N) is 2. The van der Waals surface area contributed by atoms with Crippen LogP contribution in [0.3, 0.4) is 0 Å². The molecule has 0 bridgehead atoms. The molecule has 1 aliphatic rings. The number of hydrogen-bond donors (Lipinski definition) is 2. The Kier molecular flexibility index (Phi) is 7.58. The SMILES string of the molecule is Cc1cc(C#CC2(F)CCN(C)CC2)cc(C(=O)NC(c2ccc(Cl)cc2)c2cc(F)ccc2O)n1. The summed E-state index contributed by atoms with van der Waals surface area (Å²) in [6.07, 6.45) is 0.654. The zero-order chi connectivity index (χ0) is 25.9. The lowest BCUT2D eigenvalue weighted by molar-refractivity contribution is 0.0937. The van der Waals surface area contributed by atoms with E-state index in [1.54, 1.807) is 37.3 Å². The number of aromatic hydroxyl groups is 1. The molecule has 1 amide bonds. The van der Waals surface area contributed by atoms with E-state index in [9.17, 15) is 14.3 Å². The summed E-state index contributed by atoms with van der Waals surface area (Å²) in [5, 5.41) is 13.7. The van der Waals surface area contributed by atoms with Gasteiger partial charge in [-0.05, 0) is 62.0 Å². The van der Waals surface area contributed by atoms with E-state index in [1.165, 1.54) is 12.1 Å². The number of carbonyl (C=O) groups excluding carboxylic acids is 1. The van der Waals surface area contributed by atoms with Crippen LogP contribution in [-0.4, -0.2) is 46.7 Å². The number of pyridine rings is 1. The summed E-state index contributed by atoms with van der Waals surface area (Å²) in [6.45, 7) is 2.98. The number of hydrogen-bond acceptors (Lipinski definition) is 4. The lowest BCUT2D eigenvalue weighted by Gasteiger charge is -2.30. The van der Waals surface area contributed by atoms with Crippen molar-refractivity contribution in [1.82, 2.24) is 15.2 Å². The Morgan fingerprint density at radius 3 is 2.56 bits per heavy atom. The van der Waals surface area contributed by atoms with E-state index >= 15 is 4.39 Å². The molecule has 1 unspecified atom stereocenters. The molecule has 1 aliphatic heterocycles. The minimum absolute atomic E-state index is 0.0745. The van der Waals surface area contributed by atoms with Crippen LogP contribution in [0.2, 0.25) is 5.02 Å². The number of piperidine rings is 1. The third kappa shape index (κ3) is 6.20. The van der Waals surface area contributed by atoms with Crippen molar-refractivity contribution in [2.45, 2.75) is 31.5 Å². The van der Waals surface area contributed by atoms with Gasteiger partial charge in [-0.15, -0.1) is 0 Å². The highest BCUT2D eigenvalue weighted by atomic mass is 35.5. The summed E-state index contributed by atoms with van der Waals surface area (Å²) in [7, 11) is 1.95. The van der Waals surface area contributed by atoms with Crippen LogP contribution in [0.25, 0.3) is 0 Å². The molecule has 2 N–H and O–H groups in total. The van der Waals surface area contributed by atoms with E-state index in [-0.39, 0.29) is 17.0 Å². The molecule has 36 heavy (non-hydrogen) atoms. The van der Waals surface area contributed by atoms with Gasteiger partial charge in [0.1, 0.15) is 17.3 Å². The molecule has 2 aromatic carbocycles. The molecule has 5 nitrogen and oxygen atoms in total. The third-order valence-electron chi connectivity index (χ3n) is 6.18. The quantitative estimate of drug-likeness (QED) is 0.475. The number of nitrogens with one attached hydrogen (secondary N) is 1. The fourth-order valence-corrected chi connectivity index (χ4v) is 4.22. The van der Waals surface area contributed by atoms with Crippen molar-refractivity contribution in [1.29, 1.82) is 0 Å². The lowest BCUT2D eigenvalue weighted by Crippen LogP contribution is -2.38. The van der Waals surface area contributed by atoms with Crippen LogP contribution in [0.5, 0.6) is 5.75 Å². The topological polar surface area (TPSA) is 65.5 Å². The minimum Gasteiger partial charge on any atom is -0.508 e. The Balaban J connectivity index is 1.64. The maximum Gasteiger partial charge on any atom is 0.270 e. The Morgan fingerprint density at radius 2 is 1.86 bits per heavy atom. The number of aryl methyl sites for hydroxylation is 1. The van der Waals surface area contributed by atoms with Crippen LogP contribution in [0.15, 0.2) is 54.6 Å². The number of amides is 1. The Labute approximate surface area is 214 Å². The molecule has 4 rings (SSSR count). The monoisotopic (exact) mass is 509 g/mol. The summed E-state index contributed by atoms with van der Waals surface area (Å²) in [5.74, 6) is 4.34. The number of likely N-dealkylation sites (tertiary alicyclic amines) is 1. The first-order valence-electron chi connectivity index (χ1n) is 11.6. The second-order valence-electron chi connectivity index (χ2n) is 9.06. The van der Waals surface area contributed by atoms with Gasteiger partial charge in [0.2, 0.25) is 0 Å². The Bertz CT molecular complexity index is 1330. The average Bonchev–Trinajstić information content (AvgIpc) is 2.85. The van der Waals surface area contributed by atoms with Gasteiger partial charge in [0, 0.05) is 47.8 Å². The molecule has 3 aromatic rings. The normalized spacial score (nSPS) is 16.0. The Hall–Kier alpha value is -3.47. The summed E-state index contributed by atoms with van der Waals surface area (Å²) < 4.78 is 29.1. The molecule has 1 saturated heterocycles. The van der Waals surface area contributed by atoms with Gasteiger partial charge < -0.3 is 15.3 Å². The first kappa shape index (κ1) is 25.6. The van der Waals surface area contributed by atoms with Crippen LogP contribution in [-0.2, 0) is 0 Å². The van der Waals surface area contributed by atoms with Gasteiger partial charge in [-0.3, -0.25) is 4.79 Å². The second-order valence-corrected chi connectivity index (χ2v) is 9.50. The number of halogens is 3. The van der Waals surface area contributed by atoms with Crippen molar-refractivity contribution in [3.8, 4) is 17.6 Å². The van der Waals surface area contributed by atoms with E-state index in [0.717, 1.165) is 12.1 Å². The summed E-state index contributed by atoms with van der Waals surface area (Å²) >= 11 is 6.01. The lowest BCUT2D eigenvalue weighted by atomic mass is 9.94. The van der Waals surface area contributed by atoms with Crippen LogP contribution in [0.1, 0.15) is 51.8 Å². The zero-order valence-electron chi connectivity index (χ0n) is 20.0. The van der Waals surface area contributed by atoms with E-state index in [0.29, 0.717) is 47.8 Å². The van der Waals surface area contributed by atoms with Gasteiger partial charge in [-0.25, -0.2) is 13.8 Å². The summed E-state index contributed by atoms with van der Waals surface area (Å²) in [5.41, 5.74) is 0.286.